The monoisotopic (exact) mass is 208 g/mol. The molecule has 76 valence electrons. The SMILES string of the molecule is COc1ccc(C)cc1C=CCCS. The van der Waals surface area contributed by atoms with Crippen molar-refractivity contribution in [3.8, 4) is 5.75 Å². The van der Waals surface area contributed by atoms with Crippen molar-refractivity contribution in [3.63, 3.8) is 0 Å². The largest absolute Gasteiger partial charge is 0.496 e. The van der Waals surface area contributed by atoms with E-state index < -0.39 is 0 Å². The first-order chi connectivity index (χ1) is 6.77. The minimum atomic E-state index is 0.880. The highest BCUT2D eigenvalue weighted by Gasteiger charge is 1.98. The molecular weight excluding hydrogens is 192 g/mol. The smallest absolute Gasteiger partial charge is 0.126 e. The van der Waals surface area contributed by atoms with Gasteiger partial charge in [0.05, 0.1) is 7.11 Å². The van der Waals surface area contributed by atoms with Crippen LogP contribution in [0, 0.1) is 6.92 Å². The average molecular weight is 208 g/mol. The molecule has 1 aromatic rings. The van der Waals surface area contributed by atoms with Crippen molar-refractivity contribution in [2.75, 3.05) is 12.9 Å². The maximum Gasteiger partial charge on any atom is 0.126 e. The van der Waals surface area contributed by atoms with Gasteiger partial charge in [-0.2, -0.15) is 12.6 Å². The number of rotatable bonds is 4. The van der Waals surface area contributed by atoms with Crippen LogP contribution >= 0.6 is 12.6 Å². The summed E-state index contributed by atoms with van der Waals surface area (Å²) in [6.07, 6.45) is 5.19. The van der Waals surface area contributed by atoms with E-state index in [0.717, 1.165) is 23.5 Å². The Hall–Kier alpha value is -0.890. The topological polar surface area (TPSA) is 9.23 Å². The molecule has 0 spiro atoms. The van der Waals surface area contributed by atoms with Crippen LogP contribution in [0.15, 0.2) is 24.3 Å². The first-order valence-corrected chi connectivity index (χ1v) is 5.33. The predicted octanol–water partition coefficient (Wildman–Crippen LogP) is 3.34. The summed E-state index contributed by atoms with van der Waals surface area (Å²) in [4.78, 5) is 0. The molecule has 0 saturated heterocycles. The zero-order valence-corrected chi connectivity index (χ0v) is 9.55. The Kier molecular flexibility index (Phi) is 4.60. The van der Waals surface area contributed by atoms with E-state index in [1.165, 1.54) is 5.56 Å². The van der Waals surface area contributed by atoms with Gasteiger partial charge in [-0.15, -0.1) is 0 Å². The third-order valence-electron chi connectivity index (χ3n) is 1.98. The minimum Gasteiger partial charge on any atom is -0.496 e. The summed E-state index contributed by atoms with van der Waals surface area (Å²) in [7, 11) is 1.70. The molecule has 0 fully saturated rings. The Morgan fingerprint density at radius 1 is 1.43 bits per heavy atom. The summed E-state index contributed by atoms with van der Waals surface area (Å²) >= 11 is 4.15. The first-order valence-electron chi connectivity index (χ1n) is 4.70. The molecule has 1 rings (SSSR count). The fraction of sp³-hybridized carbons (Fsp3) is 0.333. The lowest BCUT2D eigenvalue weighted by Crippen LogP contribution is -1.87. The molecule has 1 aromatic carbocycles. The third kappa shape index (κ3) is 3.11. The van der Waals surface area contributed by atoms with Crippen LogP contribution in [-0.4, -0.2) is 12.9 Å². The Morgan fingerprint density at radius 3 is 2.86 bits per heavy atom. The molecule has 0 atom stereocenters. The maximum atomic E-state index is 5.26. The molecule has 1 nitrogen and oxygen atoms in total. The molecule has 0 unspecified atom stereocenters. The van der Waals surface area contributed by atoms with Crippen molar-refractivity contribution in [2.24, 2.45) is 0 Å². The molecule has 0 aliphatic carbocycles. The van der Waals surface area contributed by atoms with E-state index in [-0.39, 0.29) is 0 Å². The third-order valence-corrected chi connectivity index (χ3v) is 2.24. The zero-order chi connectivity index (χ0) is 10.4. The van der Waals surface area contributed by atoms with Gasteiger partial charge in [-0.3, -0.25) is 0 Å². The van der Waals surface area contributed by atoms with Gasteiger partial charge in [-0.25, -0.2) is 0 Å². The Labute approximate surface area is 91.2 Å². The van der Waals surface area contributed by atoms with Crippen molar-refractivity contribution < 1.29 is 4.74 Å². The van der Waals surface area contributed by atoms with Crippen LogP contribution in [0.2, 0.25) is 0 Å². The fourth-order valence-electron chi connectivity index (χ4n) is 1.27. The molecular formula is C12H16OS. The van der Waals surface area contributed by atoms with Gasteiger partial charge in [0.1, 0.15) is 5.75 Å². The van der Waals surface area contributed by atoms with Crippen molar-refractivity contribution in [3.05, 3.63) is 35.4 Å². The number of hydrogen-bond acceptors (Lipinski definition) is 2. The lowest BCUT2D eigenvalue weighted by Gasteiger charge is -2.05. The fourth-order valence-corrected chi connectivity index (χ4v) is 1.42. The number of thiol groups is 1. The molecule has 14 heavy (non-hydrogen) atoms. The molecule has 0 bridgehead atoms. The Bertz CT molecular complexity index is 318. The Morgan fingerprint density at radius 2 is 2.21 bits per heavy atom. The van der Waals surface area contributed by atoms with Crippen molar-refractivity contribution >= 4 is 18.7 Å². The van der Waals surface area contributed by atoms with Gasteiger partial charge in [-0.05, 0) is 31.2 Å². The van der Waals surface area contributed by atoms with E-state index in [1.54, 1.807) is 7.11 Å². The minimum absolute atomic E-state index is 0.880. The van der Waals surface area contributed by atoms with Gasteiger partial charge in [0.2, 0.25) is 0 Å². The van der Waals surface area contributed by atoms with Crippen LogP contribution in [0.1, 0.15) is 17.5 Å². The number of methoxy groups -OCH3 is 1. The summed E-state index contributed by atoms with van der Waals surface area (Å²) in [5.74, 6) is 1.80. The summed E-state index contributed by atoms with van der Waals surface area (Å²) in [5.41, 5.74) is 2.38. The van der Waals surface area contributed by atoms with Crippen LogP contribution in [0.3, 0.4) is 0 Å². The molecule has 0 amide bonds. The highest BCUT2D eigenvalue weighted by molar-refractivity contribution is 7.80. The predicted molar refractivity (Wildman–Crippen MR) is 65.2 cm³/mol. The Balaban J connectivity index is 2.87. The second kappa shape index (κ2) is 5.76. The normalized spacial score (nSPS) is 10.8. The summed E-state index contributed by atoms with van der Waals surface area (Å²) in [5, 5.41) is 0. The molecule has 0 heterocycles. The van der Waals surface area contributed by atoms with E-state index in [0.29, 0.717) is 0 Å². The van der Waals surface area contributed by atoms with Crippen molar-refractivity contribution in [1.29, 1.82) is 0 Å². The average Bonchev–Trinajstić information content (AvgIpc) is 2.19. The summed E-state index contributed by atoms with van der Waals surface area (Å²) in [6, 6.07) is 6.17. The van der Waals surface area contributed by atoms with Crippen molar-refractivity contribution in [2.45, 2.75) is 13.3 Å². The van der Waals surface area contributed by atoms with E-state index in [4.69, 9.17) is 4.74 Å². The second-order valence-corrected chi connectivity index (χ2v) is 3.61. The molecule has 2 heteroatoms. The van der Waals surface area contributed by atoms with Crippen molar-refractivity contribution in [1.82, 2.24) is 0 Å². The van der Waals surface area contributed by atoms with Gasteiger partial charge in [-0.1, -0.05) is 23.8 Å². The summed E-state index contributed by atoms with van der Waals surface area (Å²) in [6.45, 7) is 2.08. The van der Waals surface area contributed by atoms with E-state index in [2.05, 4.69) is 43.8 Å². The van der Waals surface area contributed by atoms with E-state index >= 15 is 0 Å². The van der Waals surface area contributed by atoms with Crippen LogP contribution in [-0.2, 0) is 0 Å². The molecule has 0 N–H and O–H groups in total. The van der Waals surface area contributed by atoms with Gasteiger partial charge in [0, 0.05) is 5.56 Å². The maximum absolute atomic E-state index is 5.26. The molecule has 0 saturated carbocycles. The highest BCUT2D eigenvalue weighted by atomic mass is 32.1. The lowest BCUT2D eigenvalue weighted by atomic mass is 10.1. The van der Waals surface area contributed by atoms with Crippen LogP contribution in [0.25, 0.3) is 6.08 Å². The van der Waals surface area contributed by atoms with Crippen LogP contribution < -0.4 is 4.74 Å². The van der Waals surface area contributed by atoms with E-state index in [9.17, 15) is 0 Å². The van der Waals surface area contributed by atoms with Gasteiger partial charge in [0.15, 0.2) is 0 Å². The highest BCUT2D eigenvalue weighted by Crippen LogP contribution is 2.21. The molecule has 0 aliphatic rings. The molecule has 0 aliphatic heterocycles. The molecule has 0 radical (unpaired) electrons. The van der Waals surface area contributed by atoms with Gasteiger partial charge >= 0.3 is 0 Å². The zero-order valence-electron chi connectivity index (χ0n) is 8.66. The number of ether oxygens (including phenoxy) is 1. The first kappa shape index (κ1) is 11.2. The van der Waals surface area contributed by atoms with Gasteiger partial charge in [0.25, 0.3) is 0 Å². The lowest BCUT2D eigenvalue weighted by molar-refractivity contribution is 0.413. The summed E-state index contributed by atoms with van der Waals surface area (Å²) < 4.78 is 5.26. The standard InChI is InChI=1S/C12H16OS/c1-10-6-7-12(13-2)11(9-10)5-3-4-8-14/h3,5-7,9,14H,4,8H2,1-2H3. The number of allylic oxidation sites excluding steroid dienone is 1. The van der Waals surface area contributed by atoms with Gasteiger partial charge < -0.3 is 4.74 Å². The number of hydrogen-bond donors (Lipinski definition) is 1. The van der Waals surface area contributed by atoms with Crippen LogP contribution in [0.4, 0.5) is 0 Å². The molecule has 0 aromatic heterocycles. The quantitative estimate of drug-likeness (QED) is 0.747. The van der Waals surface area contributed by atoms with Crippen LogP contribution in [0.5, 0.6) is 5.75 Å². The number of benzene rings is 1. The number of aryl methyl sites for hydroxylation is 1. The van der Waals surface area contributed by atoms with E-state index in [1.807, 2.05) is 6.07 Å². The second-order valence-electron chi connectivity index (χ2n) is 3.16.